The van der Waals surface area contributed by atoms with Gasteiger partial charge in [0, 0.05) is 26.2 Å². The minimum Gasteiger partial charge on any atom is -0.336 e. The summed E-state index contributed by atoms with van der Waals surface area (Å²) in [4.78, 5) is 14.8. The number of carbonyl (C=O) groups excluding carboxylic acids is 1. The van der Waals surface area contributed by atoms with Crippen molar-refractivity contribution >= 4 is 5.91 Å². The maximum atomic E-state index is 12.8. The largest absolute Gasteiger partial charge is 0.336 e. The van der Waals surface area contributed by atoms with E-state index >= 15 is 0 Å². The molecule has 5 nitrogen and oxygen atoms in total. The molecule has 1 atom stereocenters. The Morgan fingerprint density at radius 3 is 2.86 bits per heavy atom. The molecule has 1 aliphatic heterocycles. The maximum absolute atomic E-state index is 12.8. The fourth-order valence-electron chi connectivity index (χ4n) is 2.95. The van der Waals surface area contributed by atoms with Gasteiger partial charge < -0.3 is 10.2 Å². The van der Waals surface area contributed by atoms with E-state index < -0.39 is 0 Å². The van der Waals surface area contributed by atoms with Crippen LogP contribution in [0.2, 0.25) is 0 Å². The van der Waals surface area contributed by atoms with Gasteiger partial charge in [-0.15, -0.1) is 0 Å². The second-order valence-electron chi connectivity index (χ2n) is 5.90. The Bertz CT molecular complexity index is 463. The quantitative estimate of drug-likeness (QED) is 0.872. The molecule has 0 spiro atoms. The van der Waals surface area contributed by atoms with Crippen LogP contribution >= 0.6 is 0 Å². The normalized spacial score (nSPS) is 18.7. The first-order chi connectivity index (χ1) is 10.2. The monoisotopic (exact) mass is 292 g/mol. The number of aryl methyl sites for hydroxylation is 2. The maximum Gasteiger partial charge on any atom is 0.272 e. The van der Waals surface area contributed by atoms with Gasteiger partial charge in [0.1, 0.15) is 5.69 Å². The zero-order chi connectivity index (χ0) is 15.2. The molecule has 1 aliphatic rings. The molecule has 5 heteroatoms. The molecule has 0 aromatic carbocycles. The summed E-state index contributed by atoms with van der Waals surface area (Å²) < 4.78 is 1.72. The first kappa shape index (κ1) is 16.0. The van der Waals surface area contributed by atoms with Gasteiger partial charge in [0.05, 0.1) is 5.69 Å². The fourth-order valence-corrected chi connectivity index (χ4v) is 2.95. The molecule has 2 rings (SSSR count). The number of carbonyl (C=O) groups is 1. The molecule has 0 bridgehead atoms. The van der Waals surface area contributed by atoms with Gasteiger partial charge in [-0.2, -0.15) is 5.10 Å². The van der Waals surface area contributed by atoms with Crippen LogP contribution < -0.4 is 5.32 Å². The summed E-state index contributed by atoms with van der Waals surface area (Å²) in [6.07, 6.45) is 5.52. The Hall–Kier alpha value is -1.36. The van der Waals surface area contributed by atoms with Crippen LogP contribution in [0.1, 0.15) is 55.7 Å². The van der Waals surface area contributed by atoms with E-state index in [1.54, 1.807) is 4.68 Å². The highest BCUT2D eigenvalue weighted by molar-refractivity contribution is 5.92. The van der Waals surface area contributed by atoms with E-state index in [9.17, 15) is 4.79 Å². The molecule has 118 valence electrons. The van der Waals surface area contributed by atoms with Crippen molar-refractivity contribution < 1.29 is 4.79 Å². The van der Waals surface area contributed by atoms with Gasteiger partial charge in [-0.1, -0.05) is 20.3 Å². The van der Waals surface area contributed by atoms with Crippen LogP contribution in [0.15, 0.2) is 6.07 Å². The van der Waals surface area contributed by atoms with Crippen molar-refractivity contribution in [1.29, 1.82) is 0 Å². The van der Waals surface area contributed by atoms with Gasteiger partial charge in [0.15, 0.2) is 0 Å². The number of hydrogen-bond acceptors (Lipinski definition) is 3. The second kappa shape index (κ2) is 7.59. The highest BCUT2D eigenvalue weighted by atomic mass is 16.2. The Morgan fingerprint density at radius 2 is 2.29 bits per heavy atom. The van der Waals surface area contributed by atoms with Gasteiger partial charge in [-0.3, -0.25) is 9.48 Å². The van der Waals surface area contributed by atoms with Crippen LogP contribution in [0.5, 0.6) is 0 Å². The van der Waals surface area contributed by atoms with Gasteiger partial charge in [-0.25, -0.2) is 0 Å². The van der Waals surface area contributed by atoms with E-state index in [-0.39, 0.29) is 5.91 Å². The summed E-state index contributed by atoms with van der Waals surface area (Å²) in [5.74, 6) is 0.110. The Labute approximate surface area is 127 Å². The summed E-state index contributed by atoms with van der Waals surface area (Å²) in [6.45, 7) is 6.87. The molecular weight excluding hydrogens is 264 g/mol. The molecule has 0 saturated carbocycles. The van der Waals surface area contributed by atoms with Crippen LogP contribution in [-0.4, -0.2) is 46.3 Å². The van der Waals surface area contributed by atoms with Crippen molar-refractivity contribution in [2.24, 2.45) is 7.05 Å². The third-order valence-electron chi connectivity index (χ3n) is 4.15. The molecule has 2 heterocycles. The van der Waals surface area contributed by atoms with Crippen molar-refractivity contribution in [3.8, 4) is 0 Å². The molecule has 21 heavy (non-hydrogen) atoms. The molecule has 1 saturated heterocycles. The molecule has 0 aliphatic carbocycles. The van der Waals surface area contributed by atoms with E-state index in [0.29, 0.717) is 11.7 Å². The van der Waals surface area contributed by atoms with Crippen LogP contribution in [0.3, 0.4) is 0 Å². The SMILES string of the molecule is CCCN(CC1CCCCN1)C(=O)c1cc(CC)nn1C. The van der Waals surface area contributed by atoms with Crippen LogP contribution in [0.25, 0.3) is 0 Å². The lowest BCUT2D eigenvalue weighted by Gasteiger charge is -2.30. The molecule has 1 aromatic heterocycles. The lowest BCUT2D eigenvalue weighted by Crippen LogP contribution is -2.46. The number of amides is 1. The Kier molecular flexibility index (Phi) is 5.79. The van der Waals surface area contributed by atoms with Gasteiger partial charge in [-0.05, 0) is 38.3 Å². The molecule has 1 fully saturated rings. The predicted molar refractivity (Wildman–Crippen MR) is 84.4 cm³/mol. The summed E-state index contributed by atoms with van der Waals surface area (Å²) in [7, 11) is 1.86. The Morgan fingerprint density at radius 1 is 1.48 bits per heavy atom. The summed E-state index contributed by atoms with van der Waals surface area (Å²) >= 11 is 0. The van der Waals surface area contributed by atoms with E-state index in [0.717, 1.165) is 38.2 Å². The summed E-state index contributed by atoms with van der Waals surface area (Å²) in [5, 5.41) is 7.92. The third kappa shape index (κ3) is 4.06. The van der Waals surface area contributed by atoms with E-state index in [1.807, 2.05) is 18.0 Å². The summed E-state index contributed by atoms with van der Waals surface area (Å²) in [6, 6.07) is 2.37. The van der Waals surface area contributed by atoms with Crippen molar-refractivity contribution in [3.63, 3.8) is 0 Å². The lowest BCUT2D eigenvalue weighted by molar-refractivity contribution is 0.0720. The molecule has 1 aromatic rings. The van der Waals surface area contributed by atoms with Crippen molar-refractivity contribution in [3.05, 3.63) is 17.5 Å². The van der Waals surface area contributed by atoms with E-state index in [4.69, 9.17) is 0 Å². The van der Waals surface area contributed by atoms with Crippen LogP contribution in [0, 0.1) is 0 Å². The molecule has 1 N–H and O–H groups in total. The first-order valence-corrected chi connectivity index (χ1v) is 8.21. The zero-order valence-corrected chi connectivity index (χ0v) is 13.6. The average molecular weight is 292 g/mol. The Balaban J connectivity index is 2.08. The third-order valence-corrected chi connectivity index (χ3v) is 4.15. The van der Waals surface area contributed by atoms with Crippen molar-refractivity contribution in [1.82, 2.24) is 20.0 Å². The number of aromatic nitrogens is 2. The highest BCUT2D eigenvalue weighted by Crippen LogP contribution is 2.13. The fraction of sp³-hybridized carbons (Fsp3) is 0.750. The minimum absolute atomic E-state index is 0.110. The van der Waals surface area contributed by atoms with Gasteiger partial charge in [0.2, 0.25) is 0 Å². The number of nitrogens with zero attached hydrogens (tertiary/aromatic N) is 3. The van der Waals surface area contributed by atoms with Crippen LogP contribution in [0.4, 0.5) is 0 Å². The van der Waals surface area contributed by atoms with Gasteiger partial charge in [0.25, 0.3) is 5.91 Å². The minimum atomic E-state index is 0.110. The second-order valence-corrected chi connectivity index (χ2v) is 5.90. The van der Waals surface area contributed by atoms with Crippen LogP contribution in [-0.2, 0) is 13.5 Å². The smallest absolute Gasteiger partial charge is 0.272 e. The topological polar surface area (TPSA) is 50.2 Å². The standard InChI is InChI=1S/C16H28N4O/c1-4-10-20(12-14-8-6-7-9-17-14)16(21)15-11-13(5-2)18-19(15)3/h11,14,17H,4-10,12H2,1-3H3. The lowest BCUT2D eigenvalue weighted by atomic mass is 10.0. The summed E-state index contributed by atoms with van der Waals surface area (Å²) in [5.41, 5.74) is 1.68. The van der Waals surface area contributed by atoms with E-state index in [1.165, 1.54) is 19.3 Å². The highest BCUT2D eigenvalue weighted by Gasteiger charge is 2.23. The number of hydrogen-bond donors (Lipinski definition) is 1. The van der Waals surface area contributed by atoms with Crippen molar-refractivity contribution in [2.75, 3.05) is 19.6 Å². The van der Waals surface area contributed by atoms with E-state index in [2.05, 4.69) is 24.3 Å². The average Bonchev–Trinajstić information content (AvgIpc) is 2.88. The molecular formula is C16H28N4O. The zero-order valence-electron chi connectivity index (χ0n) is 13.6. The molecule has 1 amide bonds. The number of rotatable bonds is 6. The predicted octanol–water partition coefficient (Wildman–Crippen LogP) is 1.98. The number of piperidine rings is 1. The van der Waals surface area contributed by atoms with Gasteiger partial charge >= 0.3 is 0 Å². The molecule has 0 radical (unpaired) electrons. The molecule has 1 unspecified atom stereocenters. The first-order valence-electron chi connectivity index (χ1n) is 8.21. The number of nitrogens with one attached hydrogen (secondary N) is 1. The van der Waals surface area contributed by atoms with Crippen molar-refractivity contribution in [2.45, 2.75) is 52.0 Å².